The van der Waals surface area contributed by atoms with Crippen LogP contribution in [0.3, 0.4) is 0 Å². The van der Waals surface area contributed by atoms with E-state index in [0.29, 0.717) is 30.3 Å². The molecule has 1 fully saturated rings. The number of hydrogen-bond donors (Lipinski definition) is 1. The standard InChI is InChI=1S/C16H18BrN3O3.ClH/c1-18-11-4-6-19(7-5-11)14(21)9-20-15(22)12-3-2-10(17)8-13(12)16(20)23;/h2-3,8,11,18H,4-7,9H2,1H3;1H. The number of nitrogens with zero attached hydrogens (tertiary/aromatic N) is 2. The number of piperidine rings is 1. The predicted octanol–water partition coefficient (Wildman–Crippen LogP) is 1.68. The van der Waals surface area contributed by atoms with Crippen molar-refractivity contribution in [3.63, 3.8) is 0 Å². The van der Waals surface area contributed by atoms with E-state index in [1.807, 2.05) is 7.05 Å². The van der Waals surface area contributed by atoms with E-state index in [4.69, 9.17) is 0 Å². The number of rotatable bonds is 3. The SMILES string of the molecule is CNC1CCN(C(=O)CN2C(=O)c3ccc(Br)cc3C2=O)CC1.Cl. The molecule has 2 aliphatic rings. The van der Waals surface area contributed by atoms with Gasteiger partial charge in [0.05, 0.1) is 11.1 Å². The topological polar surface area (TPSA) is 69.7 Å². The Labute approximate surface area is 155 Å². The summed E-state index contributed by atoms with van der Waals surface area (Å²) < 4.78 is 0.736. The highest BCUT2D eigenvalue weighted by atomic mass is 79.9. The quantitative estimate of drug-likeness (QED) is 0.761. The lowest BCUT2D eigenvalue weighted by atomic mass is 10.1. The molecule has 0 bridgehead atoms. The van der Waals surface area contributed by atoms with Crippen molar-refractivity contribution in [1.82, 2.24) is 15.1 Å². The van der Waals surface area contributed by atoms with Gasteiger partial charge in [-0.05, 0) is 38.1 Å². The minimum atomic E-state index is -0.398. The number of likely N-dealkylation sites (tertiary alicyclic amines) is 1. The van der Waals surface area contributed by atoms with Crippen LogP contribution in [0.15, 0.2) is 22.7 Å². The summed E-state index contributed by atoms with van der Waals surface area (Å²) in [5, 5.41) is 3.21. The lowest BCUT2D eigenvalue weighted by molar-refractivity contribution is -0.132. The van der Waals surface area contributed by atoms with E-state index >= 15 is 0 Å². The summed E-state index contributed by atoms with van der Waals surface area (Å²) >= 11 is 3.29. The first-order chi connectivity index (χ1) is 11.0. The fourth-order valence-electron chi connectivity index (χ4n) is 3.06. The van der Waals surface area contributed by atoms with Crippen molar-refractivity contribution in [3.05, 3.63) is 33.8 Å². The molecule has 130 valence electrons. The Morgan fingerprint density at radius 2 is 1.83 bits per heavy atom. The summed E-state index contributed by atoms with van der Waals surface area (Å²) in [7, 11) is 1.92. The van der Waals surface area contributed by atoms with Crippen LogP contribution in [0.4, 0.5) is 0 Å². The zero-order valence-corrected chi connectivity index (χ0v) is 15.7. The Kier molecular flexibility index (Phi) is 6.01. The normalized spacial score (nSPS) is 17.8. The van der Waals surface area contributed by atoms with Crippen molar-refractivity contribution < 1.29 is 14.4 Å². The molecule has 2 aliphatic heterocycles. The summed E-state index contributed by atoms with van der Waals surface area (Å²) in [6.07, 6.45) is 1.77. The smallest absolute Gasteiger partial charge is 0.262 e. The van der Waals surface area contributed by atoms with Gasteiger partial charge in [0.1, 0.15) is 6.54 Å². The number of nitrogens with one attached hydrogen (secondary N) is 1. The van der Waals surface area contributed by atoms with Gasteiger partial charge in [0.2, 0.25) is 5.91 Å². The number of benzene rings is 1. The molecular weight excluding hydrogens is 398 g/mol. The summed E-state index contributed by atoms with van der Waals surface area (Å²) in [6, 6.07) is 5.38. The highest BCUT2D eigenvalue weighted by Crippen LogP contribution is 2.26. The Morgan fingerprint density at radius 1 is 1.21 bits per heavy atom. The molecule has 0 aromatic heterocycles. The van der Waals surface area contributed by atoms with Crippen LogP contribution < -0.4 is 5.32 Å². The number of carbonyl (C=O) groups is 3. The number of fused-ring (bicyclic) bond motifs is 1. The average Bonchev–Trinajstić information content (AvgIpc) is 2.79. The van der Waals surface area contributed by atoms with E-state index in [9.17, 15) is 14.4 Å². The number of halogens is 2. The van der Waals surface area contributed by atoms with E-state index in [1.54, 1.807) is 23.1 Å². The maximum Gasteiger partial charge on any atom is 0.262 e. The highest BCUT2D eigenvalue weighted by Gasteiger charge is 2.37. The van der Waals surface area contributed by atoms with E-state index in [2.05, 4.69) is 21.2 Å². The second kappa shape index (κ2) is 7.63. The second-order valence-electron chi connectivity index (χ2n) is 5.83. The van der Waals surface area contributed by atoms with Gasteiger partial charge in [-0.3, -0.25) is 19.3 Å². The molecule has 0 radical (unpaired) electrons. The van der Waals surface area contributed by atoms with Crippen molar-refractivity contribution in [1.29, 1.82) is 0 Å². The molecule has 1 saturated heterocycles. The highest BCUT2D eigenvalue weighted by molar-refractivity contribution is 9.10. The molecule has 2 heterocycles. The van der Waals surface area contributed by atoms with Gasteiger partial charge < -0.3 is 10.2 Å². The minimum absolute atomic E-state index is 0. The third-order valence-corrected chi connectivity index (χ3v) is 4.98. The predicted molar refractivity (Wildman–Crippen MR) is 95.4 cm³/mol. The van der Waals surface area contributed by atoms with Crippen LogP contribution in [-0.2, 0) is 4.79 Å². The molecule has 0 unspecified atom stereocenters. The summed E-state index contributed by atoms with van der Waals surface area (Å²) in [6.45, 7) is 1.12. The van der Waals surface area contributed by atoms with Crippen LogP contribution in [0.2, 0.25) is 0 Å². The van der Waals surface area contributed by atoms with Gasteiger partial charge in [-0.25, -0.2) is 0 Å². The Hall–Kier alpha value is -1.44. The summed E-state index contributed by atoms with van der Waals surface area (Å²) in [5.74, 6) is -0.964. The largest absolute Gasteiger partial charge is 0.341 e. The van der Waals surface area contributed by atoms with E-state index < -0.39 is 11.8 Å². The molecule has 8 heteroatoms. The van der Waals surface area contributed by atoms with E-state index in [0.717, 1.165) is 22.2 Å². The zero-order chi connectivity index (χ0) is 16.6. The lowest BCUT2D eigenvalue weighted by Gasteiger charge is -2.32. The minimum Gasteiger partial charge on any atom is -0.341 e. The maximum absolute atomic E-state index is 12.4. The van der Waals surface area contributed by atoms with Crippen LogP contribution in [0.1, 0.15) is 33.6 Å². The molecule has 1 aromatic rings. The zero-order valence-electron chi connectivity index (χ0n) is 13.3. The van der Waals surface area contributed by atoms with E-state index in [1.165, 1.54) is 0 Å². The molecule has 6 nitrogen and oxygen atoms in total. The first-order valence-electron chi connectivity index (χ1n) is 7.62. The number of imide groups is 1. The van der Waals surface area contributed by atoms with Crippen molar-refractivity contribution in [2.45, 2.75) is 18.9 Å². The fourth-order valence-corrected chi connectivity index (χ4v) is 3.42. The first-order valence-corrected chi connectivity index (χ1v) is 8.41. The van der Waals surface area contributed by atoms with Crippen molar-refractivity contribution in [2.75, 3.05) is 26.7 Å². The second-order valence-corrected chi connectivity index (χ2v) is 6.75. The fraction of sp³-hybridized carbons (Fsp3) is 0.438. The molecular formula is C16H19BrClN3O3. The third-order valence-electron chi connectivity index (χ3n) is 4.48. The molecule has 24 heavy (non-hydrogen) atoms. The van der Waals surface area contributed by atoms with Gasteiger partial charge in [0.25, 0.3) is 11.8 Å². The number of carbonyl (C=O) groups excluding carboxylic acids is 3. The van der Waals surface area contributed by atoms with Crippen LogP contribution in [0.25, 0.3) is 0 Å². The molecule has 0 atom stereocenters. The molecule has 3 amide bonds. The van der Waals surface area contributed by atoms with Crippen molar-refractivity contribution >= 4 is 46.1 Å². The third kappa shape index (κ3) is 3.48. The monoisotopic (exact) mass is 415 g/mol. The van der Waals surface area contributed by atoms with Crippen LogP contribution in [0, 0.1) is 0 Å². The summed E-state index contributed by atoms with van der Waals surface area (Å²) in [5.41, 5.74) is 0.714. The maximum atomic E-state index is 12.4. The average molecular weight is 417 g/mol. The van der Waals surface area contributed by atoms with Gasteiger partial charge in [0.15, 0.2) is 0 Å². The van der Waals surface area contributed by atoms with Gasteiger partial charge in [0, 0.05) is 23.6 Å². The Balaban J connectivity index is 0.00000208. The van der Waals surface area contributed by atoms with Gasteiger partial charge in [-0.1, -0.05) is 15.9 Å². The van der Waals surface area contributed by atoms with Gasteiger partial charge >= 0.3 is 0 Å². The lowest BCUT2D eigenvalue weighted by Crippen LogP contribution is -2.48. The van der Waals surface area contributed by atoms with Crippen molar-refractivity contribution in [2.24, 2.45) is 0 Å². The molecule has 0 spiro atoms. The van der Waals surface area contributed by atoms with Crippen LogP contribution >= 0.6 is 28.3 Å². The Bertz CT molecular complexity index is 675. The molecule has 1 N–H and O–H groups in total. The summed E-state index contributed by atoms with van der Waals surface area (Å²) in [4.78, 5) is 39.9. The molecule has 0 saturated carbocycles. The number of amides is 3. The van der Waals surface area contributed by atoms with Gasteiger partial charge in [-0.2, -0.15) is 0 Å². The van der Waals surface area contributed by atoms with E-state index in [-0.39, 0.29) is 24.9 Å². The van der Waals surface area contributed by atoms with Crippen LogP contribution in [0.5, 0.6) is 0 Å². The molecule has 3 rings (SSSR count). The number of hydrogen-bond acceptors (Lipinski definition) is 4. The Morgan fingerprint density at radius 3 is 2.46 bits per heavy atom. The van der Waals surface area contributed by atoms with Crippen molar-refractivity contribution in [3.8, 4) is 0 Å². The molecule has 1 aromatic carbocycles. The first kappa shape index (κ1) is 18.9. The van der Waals surface area contributed by atoms with Crippen LogP contribution in [-0.4, -0.2) is 60.2 Å². The molecule has 0 aliphatic carbocycles. The van der Waals surface area contributed by atoms with Gasteiger partial charge in [-0.15, -0.1) is 12.4 Å².